The molecule has 0 radical (unpaired) electrons. The van der Waals surface area contributed by atoms with Crippen LogP contribution in [0.25, 0.3) is 0 Å². The Balaban J connectivity index is 1.71. The van der Waals surface area contributed by atoms with E-state index in [0.717, 1.165) is 6.42 Å². The molecule has 1 aliphatic rings. The Morgan fingerprint density at radius 1 is 1.20 bits per heavy atom. The number of urea groups is 1. The summed E-state index contributed by atoms with van der Waals surface area (Å²) in [5.74, 6) is 1.45. The van der Waals surface area contributed by atoms with Crippen molar-refractivity contribution in [2.24, 2.45) is 0 Å². The largest absolute Gasteiger partial charge is 0.493 e. The molecule has 1 atom stereocenters. The van der Waals surface area contributed by atoms with E-state index in [-0.39, 0.29) is 12.1 Å². The molecule has 1 saturated heterocycles. The monoisotopic (exact) mass is 347 g/mol. The molecule has 1 fully saturated rings. The lowest BCUT2D eigenvalue weighted by Gasteiger charge is -2.19. The summed E-state index contributed by atoms with van der Waals surface area (Å²) in [5, 5.41) is 10.7. The van der Waals surface area contributed by atoms with E-state index >= 15 is 0 Å². The van der Waals surface area contributed by atoms with Crippen LogP contribution in [0.1, 0.15) is 12.5 Å². The molecule has 2 aromatic rings. The van der Waals surface area contributed by atoms with Gasteiger partial charge in [0.1, 0.15) is 0 Å². The van der Waals surface area contributed by atoms with Gasteiger partial charge in [0.2, 0.25) is 5.75 Å². The number of nitrogens with zero attached hydrogens (tertiary/aromatic N) is 4. The van der Waals surface area contributed by atoms with Gasteiger partial charge in [-0.1, -0.05) is 5.21 Å². The lowest BCUT2D eigenvalue weighted by atomic mass is 10.2. The highest BCUT2D eigenvalue weighted by atomic mass is 16.5. The van der Waals surface area contributed by atoms with Gasteiger partial charge in [-0.15, -0.1) is 5.10 Å². The second-order valence-electron chi connectivity index (χ2n) is 5.62. The summed E-state index contributed by atoms with van der Waals surface area (Å²) in [4.78, 5) is 14.3. The molecule has 25 heavy (non-hydrogen) atoms. The fourth-order valence-electron chi connectivity index (χ4n) is 2.91. The second kappa shape index (κ2) is 7.29. The predicted octanol–water partition coefficient (Wildman–Crippen LogP) is 1.78. The van der Waals surface area contributed by atoms with Crippen molar-refractivity contribution < 1.29 is 19.0 Å². The first kappa shape index (κ1) is 16.9. The van der Waals surface area contributed by atoms with Gasteiger partial charge < -0.3 is 24.4 Å². The standard InChI is InChI=1S/C16H21N5O4/c1-23-13-8-11(9-14(24-2)15(13)25-3)18-16(22)20-6-4-12(10-20)21-7-5-17-19-21/h5,7-9,12H,4,6,10H2,1-3H3,(H,18,22). The molecule has 134 valence electrons. The predicted molar refractivity (Wildman–Crippen MR) is 90.4 cm³/mol. The first-order valence-electron chi connectivity index (χ1n) is 7.88. The Hall–Kier alpha value is -2.97. The van der Waals surface area contributed by atoms with Crippen LogP contribution in [-0.2, 0) is 0 Å². The molecule has 0 saturated carbocycles. The summed E-state index contributed by atoms with van der Waals surface area (Å²) in [5.41, 5.74) is 0.573. The minimum atomic E-state index is -0.183. The van der Waals surface area contributed by atoms with Gasteiger partial charge in [0.25, 0.3) is 0 Å². The maximum Gasteiger partial charge on any atom is 0.321 e. The van der Waals surface area contributed by atoms with Gasteiger partial charge in [0.05, 0.1) is 39.3 Å². The lowest BCUT2D eigenvalue weighted by molar-refractivity contribution is 0.220. The maximum atomic E-state index is 12.5. The SMILES string of the molecule is COc1cc(NC(=O)N2CCC(n3ccnn3)C2)cc(OC)c1OC. The molecule has 2 amide bonds. The molecule has 0 bridgehead atoms. The number of nitrogens with one attached hydrogen (secondary N) is 1. The van der Waals surface area contributed by atoms with Crippen LogP contribution >= 0.6 is 0 Å². The van der Waals surface area contributed by atoms with E-state index in [9.17, 15) is 4.79 Å². The third-order valence-electron chi connectivity index (χ3n) is 4.18. The van der Waals surface area contributed by atoms with E-state index in [2.05, 4.69) is 15.6 Å². The molecule has 3 rings (SSSR count). The molecule has 2 heterocycles. The zero-order valence-electron chi connectivity index (χ0n) is 14.4. The number of ether oxygens (including phenoxy) is 3. The zero-order chi connectivity index (χ0) is 17.8. The van der Waals surface area contributed by atoms with Gasteiger partial charge in [-0.25, -0.2) is 9.48 Å². The van der Waals surface area contributed by atoms with Gasteiger partial charge in [-0.3, -0.25) is 0 Å². The van der Waals surface area contributed by atoms with Crippen LogP contribution in [0, 0.1) is 0 Å². The average Bonchev–Trinajstić information content (AvgIpc) is 3.31. The molecule has 1 aromatic heterocycles. The first-order chi connectivity index (χ1) is 12.2. The van der Waals surface area contributed by atoms with E-state index in [1.165, 1.54) is 21.3 Å². The van der Waals surface area contributed by atoms with Crippen molar-refractivity contribution in [3.8, 4) is 17.2 Å². The number of carbonyl (C=O) groups is 1. The minimum Gasteiger partial charge on any atom is -0.493 e. The molecule has 9 heteroatoms. The number of aromatic nitrogens is 3. The van der Waals surface area contributed by atoms with E-state index in [4.69, 9.17) is 14.2 Å². The third-order valence-corrected chi connectivity index (χ3v) is 4.18. The van der Waals surface area contributed by atoms with Crippen molar-refractivity contribution >= 4 is 11.7 Å². The summed E-state index contributed by atoms with van der Waals surface area (Å²) in [7, 11) is 4.60. The fourth-order valence-corrected chi connectivity index (χ4v) is 2.91. The van der Waals surface area contributed by atoms with E-state index < -0.39 is 0 Å². The van der Waals surface area contributed by atoms with Crippen molar-refractivity contribution in [3.05, 3.63) is 24.5 Å². The Bertz CT molecular complexity index is 709. The highest BCUT2D eigenvalue weighted by Gasteiger charge is 2.28. The number of hydrogen-bond acceptors (Lipinski definition) is 6. The topological polar surface area (TPSA) is 90.7 Å². The smallest absolute Gasteiger partial charge is 0.321 e. The second-order valence-corrected chi connectivity index (χ2v) is 5.62. The first-order valence-corrected chi connectivity index (χ1v) is 7.88. The molecule has 1 unspecified atom stereocenters. The number of benzene rings is 1. The van der Waals surface area contributed by atoms with Crippen molar-refractivity contribution in [2.75, 3.05) is 39.7 Å². The van der Waals surface area contributed by atoms with Gasteiger partial charge >= 0.3 is 6.03 Å². The number of amides is 2. The highest BCUT2D eigenvalue weighted by molar-refractivity contribution is 5.90. The van der Waals surface area contributed by atoms with E-state index in [1.807, 2.05) is 6.20 Å². The molecule has 1 aliphatic heterocycles. The molecule has 1 aromatic carbocycles. The van der Waals surface area contributed by atoms with Crippen LogP contribution < -0.4 is 19.5 Å². The molecule has 9 nitrogen and oxygen atoms in total. The van der Waals surface area contributed by atoms with Crippen molar-refractivity contribution in [2.45, 2.75) is 12.5 Å². The molecular formula is C16H21N5O4. The number of anilines is 1. The summed E-state index contributed by atoms with van der Waals surface area (Å²) in [6.07, 6.45) is 4.29. The van der Waals surface area contributed by atoms with Crippen LogP contribution in [0.3, 0.4) is 0 Å². The summed E-state index contributed by atoms with van der Waals surface area (Å²) in [6, 6.07) is 3.36. The number of hydrogen-bond donors (Lipinski definition) is 1. The van der Waals surface area contributed by atoms with Crippen LogP contribution in [0.4, 0.5) is 10.5 Å². The number of rotatable bonds is 5. The van der Waals surface area contributed by atoms with Gasteiger partial charge in [-0.2, -0.15) is 0 Å². The molecular weight excluding hydrogens is 326 g/mol. The molecule has 0 spiro atoms. The maximum absolute atomic E-state index is 12.5. The van der Waals surface area contributed by atoms with Crippen LogP contribution in [0.15, 0.2) is 24.5 Å². The van der Waals surface area contributed by atoms with Crippen molar-refractivity contribution in [3.63, 3.8) is 0 Å². The quantitative estimate of drug-likeness (QED) is 0.887. The minimum absolute atomic E-state index is 0.146. The van der Waals surface area contributed by atoms with Crippen molar-refractivity contribution in [1.29, 1.82) is 0 Å². The number of likely N-dealkylation sites (tertiary alicyclic amines) is 1. The normalized spacial score (nSPS) is 16.6. The Morgan fingerprint density at radius 3 is 2.48 bits per heavy atom. The summed E-state index contributed by atoms with van der Waals surface area (Å²) >= 11 is 0. The van der Waals surface area contributed by atoms with Crippen molar-refractivity contribution in [1.82, 2.24) is 19.9 Å². The zero-order valence-corrected chi connectivity index (χ0v) is 14.4. The average molecular weight is 347 g/mol. The van der Waals surface area contributed by atoms with Gasteiger partial charge in [0.15, 0.2) is 11.5 Å². The Labute approximate surface area is 145 Å². The van der Waals surface area contributed by atoms with E-state index in [0.29, 0.717) is 36.0 Å². The van der Waals surface area contributed by atoms with Crippen LogP contribution in [0.2, 0.25) is 0 Å². The summed E-state index contributed by atoms with van der Waals surface area (Å²) in [6.45, 7) is 1.24. The fraction of sp³-hybridized carbons (Fsp3) is 0.438. The van der Waals surface area contributed by atoms with Gasteiger partial charge in [-0.05, 0) is 6.42 Å². The van der Waals surface area contributed by atoms with E-state index in [1.54, 1.807) is 27.9 Å². The Kier molecular flexibility index (Phi) is 4.92. The van der Waals surface area contributed by atoms with Gasteiger partial charge in [0, 0.05) is 31.4 Å². The molecule has 1 N–H and O–H groups in total. The lowest BCUT2D eigenvalue weighted by Crippen LogP contribution is -2.33. The van der Waals surface area contributed by atoms with Crippen LogP contribution in [0.5, 0.6) is 17.2 Å². The Morgan fingerprint density at radius 2 is 1.92 bits per heavy atom. The number of carbonyl (C=O) groups excluding carboxylic acids is 1. The van der Waals surface area contributed by atoms with Crippen LogP contribution in [-0.4, -0.2) is 60.3 Å². The number of methoxy groups -OCH3 is 3. The third kappa shape index (κ3) is 3.44. The highest BCUT2D eigenvalue weighted by Crippen LogP contribution is 2.40. The summed E-state index contributed by atoms with van der Waals surface area (Å²) < 4.78 is 17.7. The molecule has 0 aliphatic carbocycles.